The molecule has 0 atom stereocenters. The van der Waals surface area contributed by atoms with Crippen LogP contribution in [0.1, 0.15) is 26.1 Å². The van der Waals surface area contributed by atoms with Crippen LogP contribution in [-0.4, -0.2) is 21.4 Å². The lowest BCUT2D eigenvalue weighted by molar-refractivity contribution is -0.384. The van der Waals surface area contributed by atoms with Gasteiger partial charge in [-0.2, -0.15) is 0 Å². The van der Waals surface area contributed by atoms with Crippen LogP contribution < -0.4 is 5.32 Å². The highest BCUT2D eigenvalue weighted by atomic mass is 16.6. The van der Waals surface area contributed by atoms with Gasteiger partial charge in [0.25, 0.3) is 5.69 Å². The van der Waals surface area contributed by atoms with E-state index >= 15 is 0 Å². The van der Waals surface area contributed by atoms with Crippen molar-refractivity contribution in [3.8, 4) is 11.3 Å². The fourth-order valence-electron chi connectivity index (χ4n) is 2.03. The third-order valence-electron chi connectivity index (χ3n) is 2.96. The van der Waals surface area contributed by atoms with Crippen molar-refractivity contribution in [3.63, 3.8) is 0 Å². The largest absolute Gasteiger partial charge is 0.370 e. The molecule has 0 saturated carbocycles. The number of aromatic nitrogens is 2. The molecule has 0 aliphatic rings. The molecule has 0 amide bonds. The predicted molar refractivity (Wildman–Crippen MR) is 82.3 cm³/mol. The average Bonchev–Trinajstić information content (AvgIpc) is 2.48. The zero-order valence-electron chi connectivity index (χ0n) is 12.2. The van der Waals surface area contributed by atoms with E-state index < -0.39 is 4.92 Å². The first-order valence-electron chi connectivity index (χ1n) is 7.00. The number of nitrogens with one attached hydrogen (secondary N) is 1. The van der Waals surface area contributed by atoms with Crippen molar-refractivity contribution < 1.29 is 4.92 Å². The molecule has 21 heavy (non-hydrogen) atoms. The van der Waals surface area contributed by atoms with Crippen molar-refractivity contribution >= 4 is 11.5 Å². The minimum atomic E-state index is -0.400. The highest BCUT2D eigenvalue weighted by molar-refractivity contribution is 5.65. The van der Waals surface area contributed by atoms with Crippen LogP contribution >= 0.6 is 0 Å². The summed E-state index contributed by atoms with van der Waals surface area (Å²) in [6.07, 6.45) is 1.73. The summed E-state index contributed by atoms with van der Waals surface area (Å²) in [5.41, 5.74) is 1.49. The number of nitro groups is 1. The summed E-state index contributed by atoms with van der Waals surface area (Å²) >= 11 is 0. The van der Waals surface area contributed by atoms with E-state index in [1.807, 2.05) is 19.1 Å². The maximum absolute atomic E-state index is 10.9. The number of anilines is 1. The van der Waals surface area contributed by atoms with Gasteiger partial charge in [0.1, 0.15) is 11.6 Å². The second kappa shape index (κ2) is 6.78. The van der Waals surface area contributed by atoms with Crippen molar-refractivity contribution in [3.05, 3.63) is 46.3 Å². The normalized spacial score (nSPS) is 10.4. The molecule has 1 aromatic carbocycles. The molecule has 0 radical (unpaired) electrons. The molecule has 0 aliphatic carbocycles. The van der Waals surface area contributed by atoms with Gasteiger partial charge in [-0.25, -0.2) is 9.97 Å². The first kappa shape index (κ1) is 14.9. The van der Waals surface area contributed by atoms with Gasteiger partial charge in [0.15, 0.2) is 0 Å². The van der Waals surface area contributed by atoms with Gasteiger partial charge in [-0.15, -0.1) is 0 Å². The Kier molecular flexibility index (Phi) is 4.81. The molecular formula is C15H18N4O2. The Labute approximate surface area is 123 Å². The number of hydrogen-bond donors (Lipinski definition) is 1. The lowest BCUT2D eigenvalue weighted by atomic mass is 10.1. The monoisotopic (exact) mass is 286 g/mol. The van der Waals surface area contributed by atoms with E-state index in [9.17, 15) is 10.1 Å². The summed E-state index contributed by atoms with van der Waals surface area (Å²) in [6, 6.07) is 8.32. The van der Waals surface area contributed by atoms with Gasteiger partial charge in [-0.3, -0.25) is 10.1 Å². The molecule has 6 heteroatoms. The lowest BCUT2D eigenvalue weighted by Gasteiger charge is -2.08. The number of benzene rings is 1. The van der Waals surface area contributed by atoms with E-state index in [-0.39, 0.29) is 5.69 Å². The zero-order chi connectivity index (χ0) is 15.2. The molecule has 1 aromatic heterocycles. The quantitative estimate of drug-likeness (QED) is 0.650. The smallest absolute Gasteiger partial charge is 0.270 e. The first-order valence-corrected chi connectivity index (χ1v) is 7.00. The van der Waals surface area contributed by atoms with Crippen LogP contribution in [0.5, 0.6) is 0 Å². The molecule has 0 aliphatic heterocycles. The van der Waals surface area contributed by atoms with Crippen molar-refractivity contribution in [2.75, 3.05) is 11.9 Å². The second-order valence-electron chi connectivity index (χ2n) is 4.64. The van der Waals surface area contributed by atoms with Crippen molar-refractivity contribution in [2.24, 2.45) is 0 Å². The van der Waals surface area contributed by atoms with E-state index in [4.69, 9.17) is 0 Å². The van der Waals surface area contributed by atoms with Crippen LogP contribution in [0, 0.1) is 10.1 Å². The van der Waals surface area contributed by atoms with E-state index in [1.54, 1.807) is 6.07 Å². The Morgan fingerprint density at radius 1 is 1.24 bits per heavy atom. The van der Waals surface area contributed by atoms with Gasteiger partial charge >= 0.3 is 0 Å². The molecule has 110 valence electrons. The van der Waals surface area contributed by atoms with Gasteiger partial charge in [0.05, 0.1) is 10.6 Å². The van der Waals surface area contributed by atoms with Crippen LogP contribution in [-0.2, 0) is 6.42 Å². The fraction of sp³-hybridized carbons (Fsp3) is 0.333. The summed E-state index contributed by atoms with van der Waals surface area (Å²) in [6.45, 7) is 4.82. The first-order chi connectivity index (χ1) is 10.1. The third-order valence-corrected chi connectivity index (χ3v) is 2.96. The highest BCUT2D eigenvalue weighted by Gasteiger charge is 2.10. The van der Waals surface area contributed by atoms with Gasteiger partial charge in [0, 0.05) is 36.7 Å². The van der Waals surface area contributed by atoms with Crippen molar-refractivity contribution in [2.45, 2.75) is 26.7 Å². The number of hydrogen-bond acceptors (Lipinski definition) is 5. The van der Waals surface area contributed by atoms with Crippen LogP contribution in [0.15, 0.2) is 30.3 Å². The molecule has 0 unspecified atom stereocenters. The molecule has 0 fully saturated rings. The van der Waals surface area contributed by atoms with Gasteiger partial charge in [-0.1, -0.05) is 19.1 Å². The molecule has 0 spiro atoms. The highest BCUT2D eigenvalue weighted by Crippen LogP contribution is 2.24. The molecular weight excluding hydrogens is 268 g/mol. The van der Waals surface area contributed by atoms with Gasteiger partial charge in [-0.05, 0) is 13.3 Å². The van der Waals surface area contributed by atoms with E-state index in [0.29, 0.717) is 5.69 Å². The fourth-order valence-corrected chi connectivity index (χ4v) is 2.03. The Hall–Kier alpha value is -2.50. The summed E-state index contributed by atoms with van der Waals surface area (Å²) in [5, 5.41) is 14.1. The Bertz CT molecular complexity index is 619. The van der Waals surface area contributed by atoms with Crippen LogP contribution in [0.4, 0.5) is 11.5 Å². The number of nitro benzene ring substituents is 1. The Morgan fingerprint density at radius 3 is 2.71 bits per heavy atom. The van der Waals surface area contributed by atoms with E-state index in [1.165, 1.54) is 12.1 Å². The summed E-state index contributed by atoms with van der Waals surface area (Å²) in [5.74, 6) is 1.50. The molecule has 0 bridgehead atoms. The van der Waals surface area contributed by atoms with E-state index in [2.05, 4.69) is 22.2 Å². The number of rotatable bonds is 6. The minimum absolute atomic E-state index is 0.0631. The molecule has 1 heterocycles. The molecule has 0 saturated heterocycles. The average molecular weight is 286 g/mol. The van der Waals surface area contributed by atoms with Crippen LogP contribution in [0.3, 0.4) is 0 Å². The lowest BCUT2D eigenvalue weighted by Crippen LogP contribution is -2.04. The standard InChI is InChI=1S/C15H18N4O2/c1-3-6-14-17-13(10-15(18-14)16-4-2)11-7-5-8-12(9-11)19(20)21/h5,7-10H,3-4,6H2,1-2H3,(H,16,17,18). The molecule has 2 aromatic rings. The zero-order valence-corrected chi connectivity index (χ0v) is 12.2. The van der Waals surface area contributed by atoms with Crippen LogP contribution in [0.2, 0.25) is 0 Å². The summed E-state index contributed by atoms with van der Waals surface area (Å²) in [7, 11) is 0. The van der Waals surface area contributed by atoms with Crippen molar-refractivity contribution in [1.29, 1.82) is 0 Å². The Morgan fingerprint density at radius 2 is 2.05 bits per heavy atom. The SMILES string of the molecule is CCCc1nc(NCC)cc(-c2cccc([N+](=O)[O-])c2)n1. The Balaban J connectivity index is 2.46. The summed E-state index contributed by atoms with van der Waals surface area (Å²) < 4.78 is 0. The number of nitrogens with zero attached hydrogens (tertiary/aromatic N) is 3. The van der Waals surface area contributed by atoms with Crippen molar-refractivity contribution in [1.82, 2.24) is 9.97 Å². The predicted octanol–water partition coefficient (Wildman–Crippen LogP) is 3.44. The third kappa shape index (κ3) is 3.75. The van der Waals surface area contributed by atoms with Gasteiger partial charge in [0.2, 0.25) is 0 Å². The minimum Gasteiger partial charge on any atom is -0.370 e. The molecule has 1 N–H and O–H groups in total. The van der Waals surface area contributed by atoms with Gasteiger partial charge < -0.3 is 5.32 Å². The maximum Gasteiger partial charge on any atom is 0.270 e. The summed E-state index contributed by atoms with van der Waals surface area (Å²) in [4.78, 5) is 19.4. The molecule has 2 rings (SSSR count). The maximum atomic E-state index is 10.9. The van der Waals surface area contributed by atoms with Crippen LogP contribution in [0.25, 0.3) is 11.3 Å². The topological polar surface area (TPSA) is 81.0 Å². The van der Waals surface area contributed by atoms with E-state index in [0.717, 1.165) is 36.6 Å². The molecule has 6 nitrogen and oxygen atoms in total. The number of non-ortho nitro benzene ring substituents is 1. The number of aryl methyl sites for hydroxylation is 1. The second-order valence-corrected chi connectivity index (χ2v) is 4.64.